The molecule has 0 aromatic carbocycles. The lowest BCUT2D eigenvalue weighted by atomic mass is 10.00. The molecule has 7 unspecified atom stereocenters. The molecule has 5 rings (SSSR count). The molecule has 0 amide bonds. The summed E-state index contributed by atoms with van der Waals surface area (Å²) in [5.74, 6) is -0.899. The van der Waals surface area contributed by atoms with Gasteiger partial charge in [-0.05, 0) is 37.3 Å². The van der Waals surface area contributed by atoms with Gasteiger partial charge in [-0.15, -0.1) is 0 Å². The molecule has 0 saturated carbocycles. The first-order valence-electron chi connectivity index (χ1n) is 11.2. The van der Waals surface area contributed by atoms with E-state index in [4.69, 9.17) is 30.6 Å². The molecule has 36 heavy (non-hydrogen) atoms. The van der Waals surface area contributed by atoms with Gasteiger partial charge in [-0.2, -0.15) is 9.97 Å². The molecule has 0 radical (unpaired) electrons. The van der Waals surface area contributed by atoms with Gasteiger partial charge >= 0.3 is 15.2 Å². The fourth-order valence-electron chi connectivity index (χ4n) is 5.30. The van der Waals surface area contributed by atoms with Crippen molar-refractivity contribution in [3.63, 3.8) is 0 Å². The van der Waals surface area contributed by atoms with Crippen LogP contribution in [-0.4, -0.2) is 98.5 Å². The third-order valence-corrected chi connectivity index (χ3v) is 10.4. The van der Waals surface area contributed by atoms with E-state index < -0.39 is 52.2 Å². The Bertz CT molecular complexity index is 1230. The van der Waals surface area contributed by atoms with Gasteiger partial charge in [-0.25, -0.2) is 4.98 Å². The number of fused-ring (bicyclic) bond motifs is 3. The average molecular weight is 570 g/mol. The van der Waals surface area contributed by atoms with E-state index in [9.17, 15) is 29.3 Å². The van der Waals surface area contributed by atoms with Crippen LogP contribution in [0.5, 0.6) is 0 Å². The Morgan fingerprint density at radius 3 is 2.39 bits per heavy atom. The van der Waals surface area contributed by atoms with Crippen molar-refractivity contribution in [3.05, 3.63) is 11.6 Å². The first-order valence-corrected chi connectivity index (χ1v) is 15.2. The number of aliphatic hydroxyl groups excluding tert-OH is 3. The number of hydrogen-bond donors (Lipinski definition) is 6. The Morgan fingerprint density at radius 1 is 1.08 bits per heavy atom. The quantitative estimate of drug-likeness (QED) is 0.190. The van der Waals surface area contributed by atoms with Gasteiger partial charge in [-0.1, -0.05) is 0 Å². The summed E-state index contributed by atoms with van der Waals surface area (Å²) in [6.45, 7) is -0.713. The first-order chi connectivity index (χ1) is 16.8. The maximum absolute atomic E-state index is 11.9. The summed E-state index contributed by atoms with van der Waals surface area (Å²) in [6, 6.07) is 0.133. The van der Waals surface area contributed by atoms with E-state index in [1.807, 2.05) is 0 Å². The molecule has 3 saturated heterocycles. The van der Waals surface area contributed by atoms with E-state index in [1.54, 1.807) is 0 Å². The Balaban J connectivity index is 1.39. The van der Waals surface area contributed by atoms with Crippen LogP contribution in [-0.2, 0) is 18.4 Å². The topological polar surface area (TPSA) is 221 Å². The predicted octanol–water partition coefficient (Wildman–Crippen LogP) is -0.0718. The molecule has 3 fully saturated rings. The molecule has 7 atom stereocenters. The van der Waals surface area contributed by atoms with E-state index in [1.165, 1.54) is 10.9 Å². The van der Waals surface area contributed by atoms with Crippen LogP contribution in [0.4, 0.5) is 5.82 Å². The van der Waals surface area contributed by atoms with E-state index in [-0.39, 0.29) is 29.1 Å². The Morgan fingerprint density at radius 2 is 1.75 bits per heavy atom. The van der Waals surface area contributed by atoms with Crippen molar-refractivity contribution in [1.29, 1.82) is 0 Å². The van der Waals surface area contributed by atoms with Crippen molar-refractivity contribution in [2.45, 2.75) is 68.4 Å². The van der Waals surface area contributed by atoms with Crippen molar-refractivity contribution in [3.8, 4) is 0 Å². The minimum Gasteiger partial charge on any atom is -0.393 e. The van der Waals surface area contributed by atoms with Crippen molar-refractivity contribution < 1.29 is 48.4 Å². The molecule has 6 N–H and O–H groups in total. The van der Waals surface area contributed by atoms with Gasteiger partial charge < -0.3 is 44.2 Å². The lowest BCUT2D eigenvalue weighted by Crippen LogP contribution is -2.45. The summed E-state index contributed by atoms with van der Waals surface area (Å²) in [5, 5.41) is 31.1. The van der Waals surface area contributed by atoms with Crippen LogP contribution in [0.2, 0.25) is 5.28 Å². The third-order valence-electron chi connectivity index (χ3n) is 6.74. The van der Waals surface area contributed by atoms with Gasteiger partial charge in [0.05, 0.1) is 19.0 Å². The van der Waals surface area contributed by atoms with Crippen molar-refractivity contribution >= 4 is 43.8 Å². The molecular weight excluding hydrogens is 544 g/mol. The molecule has 2 aromatic heterocycles. The highest BCUT2D eigenvalue weighted by Gasteiger charge is 2.47. The Labute approximate surface area is 209 Å². The maximum Gasteiger partial charge on any atom is 0.340 e. The highest BCUT2D eigenvalue weighted by Crippen LogP contribution is 2.55. The normalized spacial score (nSPS) is 34.4. The summed E-state index contributed by atoms with van der Waals surface area (Å²) in [6.07, 6.45) is -1.68. The highest BCUT2D eigenvalue weighted by molar-refractivity contribution is 7.70. The molecule has 200 valence electrons. The van der Waals surface area contributed by atoms with Crippen LogP contribution in [0.1, 0.15) is 31.9 Å². The molecule has 0 spiro atoms. The fourth-order valence-corrected chi connectivity index (χ4v) is 8.03. The van der Waals surface area contributed by atoms with Gasteiger partial charge in [-0.3, -0.25) is 13.7 Å². The SMILES string of the molecule is O=P(O)(O)CP(=O)(O)OCC1OC(n2cnc3c(N4C5CCC4CC(O)C5)nc(Cl)nc32)C(O)C1O. The van der Waals surface area contributed by atoms with E-state index in [0.717, 1.165) is 12.8 Å². The summed E-state index contributed by atoms with van der Waals surface area (Å²) in [4.78, 5) is 42.7. The predicted molar refractivity (Wildman–Crippen MR) is 123 cm³/mol. The smallest absolute Gasteiger partial charge is 0.340 e. The second-order valence-electron chi connectivity index (χ2n) is 9.34. The van der Waals surface area contributed by atoms with Crippen LogP contribution in [0.25, 0.3) is 11.2 Å². The Kier molecular flexibility index (Phi) is 6.97. The highest BCUT2D eigenvalue weighted by atomic mass is 35.5. The van der Waals surface area contributed by atoms with E-state index in [0.29, 0.717) is 24.2 Å². The average Bonchev–Trinajstić information content (AvgIpc) is 3.38. The van der Waals surface area contributed by atoms with Gasteiger partial charge in [0.15, 0.2) is 29.1 Å². The molecule has 18 heteroatoms. The summed E-state index contributed by atoms with van der Waals surface area (Å²) >= 11 is 6.23. The van der Waals surface area contributed by atoms with Crippen molar-refractivity contribution in [2.24, 2.45) is 0 Å². The number of ether oxygens (including phenoxy) is 1. The fraction of sp³-hybridized carbons (Fsp3) is 0.722. The molecule has 0 aliphatic carbocycles. The lowest BCUT2D eigenvalue weighted by molar-refractivity contribution is -0.0483. The van der Waals surface area contributed by atoms with E-state index in [2.05, 4.69) is 19.9 Å². The summed E-state index contributed by atoms with van der Waals surface area (Å²) in [5.41, 5.74) is 0.613. The van der Waals surface area contributed by atoms with Crippen LogP contribution < -0.4 is 4.90 Å². The molecule has 15 nitrogen and oxygen atoms in total. The molecule has 2 bridgehead atoms. The number of imidazole rings is 1. The monoisotopic (exact) mass is 569 g/mol. The number of hydrogen-bond acceptors (Lipinski definition) is 11. The number of halogens is 1. The number of aliphatic hydroxyl groups is 3. The number of aromatic nitrogens is 4. The van der Waals surface area contributed by atoms with Gasteiger partial charge in [0.1, 0.15) is 18.3 Å². The number of piperidine rings is 1. The molecule has 3 aliphatic rings. The van der Waals surface area contributed by atoms with E-state index >= 15 is 0 Å². The molecule has 5 heterocycles. The van der Waals surface area contributed by atoms with Crippen LogP contribution in [0.3, 0.4) is 0 Å². The second kappa shape index (κ2) is 9.51. The minimum absolute atomic E-state index is 0.0667. The second-order valence-corrected chi connectivity index (χ2v) is 13.7. The first kappa shape index (κ1) is 26.4. The van der Waals surface area contributed by atoms with Gasteiger partial charge in [0, 0.05) is 12.1 Å². The maximum atomic E-state index is 11.9. The summed E-state index contributed by atoms with van der Waals surface area (Å²) < 4.78 is 34.7. The third kappa shape index (κ3) is 5.07. The van der Waals surface area contributed by atoms with Crippen LogP contribution in [0, 0.1) is 0 Å². The number of anilines is 1. The zero-order chi connectivity index (χ0) is 26.0. The molecular formula is C18H26ClN5O10P2. The Hall–Kier alpha value is -1.22. The van der Waals surface area contributed by atoms with Crippen LogP contribution >= 0.6 is 26.8 Å². The molecule has 2 aromatic rings. The van der Waals surface area contributed by atoms with Crippen molar-refractivity contribution in [1.82, 2.24) is 19.5 Å². The zero-order valence-electron chi connectivity index (χ0n) is 18.7. The molecule has 3 aliphatic heterocycles. The van der Waals surface area contributed by atoms with Gasteiger partial charge in [0.2, 0.25) is 5.28 Å². The van der Waals surface area contributed by atoms with Gasteiger partial charge in [0.25, 0.3) is 0 Å². The van der Waals surface area contributed by atoms with Crippen LogP contribution in [0.15, 0.2) is 6.33 Å². The largest absolute Gasteiger partial charge is 0.393 e. The zero-order valence-corrected chi connectivity index (χ0v) is 21.2. The summed E-state index contributed by atoms with van der Waals surface area (Å²) in [7, 11) is -9.52. The lowest BCUT2D eigenvalue weighted by Gasteiger charge is -2.38. The standard InChI is InChI=1S/C18H26ClN5O10P2/c19-18-21-15-12(16(22-18)24-8-1-2-9(24)4-10(25)3-8)20-6-23(15)17-14(27)13(26)11(34-17)5-33-36(31,32)7-35(28,29)30/h6,8-11,13-14,17,25-27H,1-5,7H2,(H,31,32)(H2,28,29,30). The number of rotatable bonds is 7. The number of nitrogens with zero attached hydrogens (tertiary/aromatic N) is 5. The minimum atomic E-state index is -4.83. The van der Waals surface area contributed by atoms with Crippen molar-refractivity contribution in [2.75, 3.05) is 17.4 Å².